The lowest BCUT2D eigenvalue weighted by Crippen LogP contribution is -2.33. The van der Waals surface area contributed by atoms with Crippen LogP contribution in [0.15, 0.2) is 29.2 Å². The highest BCUT2D eigenvalue weighted by Crippen LogP contribution is 2.22. The monoisotopic (exact) mass is 294 g/mol. The number of benzene rings is 1. The molecule has 2 N–H and O–H groups in total. The minimum Gasteiger partial charge on any atom is -0.481 e. The molecule has 0 bridgehead atoms. The highest BCUT2D eigenvalue weighted by atomic mass is 32.2. The molecule has 1 aliphatic heterocycles. The van der Waals surface area contributed by atoms with Crippen molar-refractivity contribution in [1.29, 1.82) is 0 Å². The molecule has 0 aromatic heterocycles. The van der Waals surface area contributed by atoms with Gasteiger partial charge in [-0.25, -0.2) is 4.79 Å². The molecule has 6 heteroatoms. The standard InChI is InChI=1S/C14H18N2O3S/c1-2-20-12-5-3-4-11(8-12)15-14(19)16-7-6-10(9-16)13(17)18/h3-5,8,10H,2,6-7,9H2,1H3,(H,15,19)(H,17,18). The normalized spacial score (nSPS) is 18.1. The summed E-state index contributed by atoms with van der Waals surface area (Å²) in [5.74, 6) is -0.298. The summed E-state index contributed by atoms with van der Waals surface area (Å²) in [5, 5.41) is 11.8. The maximum absolute atomic E-state index is 12.1. The average Bonchev–Trinajstić information content (AvgIpc) is 2.89. The number of likely N-dealkylation sites (tertiary alicyclic amines) is 1. The van der Waals surface area contributed by atoms with Crippen LogP contribution in [0.2, 0.25) is 0 Å². The van der Waals surface area contributed by atoms with Crippen LogP contribution in [0.3, 0.4) is 0 Å². The van der Waals surface area contributed by atoms with Crippen LogP contribution >= 0.6 is 11.8 Å². The van der Waals surface area contributed by atoms with Crippen molar-refractivity contribution in [2.45, 2.75) is 18.2 Å². The lowest BCUT2D eigenvalue weighted by molar-refractivity contribution is -0.141. The molecule has 5 nitrogen and oxygen atoms in total. The summed E-state index contributed by atoms with van der Waals surface area (Å²) in [6.07, 6.45) is 0.522. The third-order valence-corrected chi connectivity index (χ3v) is 4.10. The number of amides is 2. The molecule has 2 amide bonds. The molecule has 0 saturated carbocycles. The van der Waals surface area contributed by atoms with E-state index in [-0.39, 0.29) is 12.6 Å². The maximum atomic E-state index is 12.1. The largest absolute Gasteiger partial charge is 0.481 e. The minimum atomic E-state index is -0.832. The first-order valence-corrected chi connectivity index (χ1v) is 7.60. The van der Waals surface area contributed by atoms with Gasteiger partial charge in [0, 0.05) is 23.7 Å². The van der Waals surface area contributed by atoms with E-state index in [0.717, 1.165) is 16.3 Å². The summed E-state index contributed by atoms with van der Waals surface area (Å²) < 4.78 is 0. The van der Waals surface area contributed by atoms with Gasteiger partial charge in [0.25, 0.3) is 0 Å². The van der Waals surface area contributed by atoms with Gasteiger partial charge in [0.05, 0.1) is 5.92 Å². The smallest absolute Gasteiger partial charge is 0.321 e. The fourth-order valence-corrected chi connectivity index (χ4v) is 2.90. The van der Waals surface area contributed by atoms with Gasteiger partial charge >= 0.3 is 12.0 Å². The fourth-order valence-electron chi connectivity index (χ4n) is 2.18. The first-order chi connectivity index (χ1) is 9.60. The Balaban J connectivity index is 1.95. The second-order valence-corrected chi connectivity index (χ2v) is 6.00. The predicted octanol–water partition coefficient (Wildman–Crippen LogP) is 2.74. The summed E-state index contributed by atoms with van der Waals surface area (Å²) in [5.41, 5.74) is 0.743. The van der Waals surface area contributed by atoms with Crippen molar-refractivity contribution in [3.8, 4) is 0 Å². The van der Waals surface area contributed by atoms with Crippen molar-refractivity contribution in [1.82, 2.24) is 4.90 Å². The van der Waals surface area contributed by atoms with Crippen LogP contribution in [0.25, 0.3) is 0 Å². The fraction of sp³-hybridized carbons (Fsp3) is 0.429. The third kappa shape index (κ3) is 3.66. The van der Waals surface area contributed by atoms with E-state index in [4.69, 9.17) is 5.11 Å². The van der Waals surface area contributed by atoms with E-state index >= 15 is 0 Å². The number of urea groups is 1. The van der Waals surface area contributed by atoms with Crippen molar-refractivity contribution < 1.29 is 14.7 Å². The summed E-state index contributed by atoms with van der Waals surface area (Å²) in [6, 6.07) is 7.43. The number of carboxylic acids is 1. The number of rotatable bonds is 4. The number of nitrogens with zero attached hydrogens (tertiary/aromatic N) is 1. The number of carbonyl (C=O) groups excluding carboxylic acids is 1. The van der Waals surface area contributed by atoms with Crippen molar-refractivity contribution in [3.05, 3.63) is 24.3 Å². The minimum absolute atomic E-state index is 0.229. The maximum Gasteiger partial charge on any atom is 0.321 e. The molecule has 1 heterocycles. The second kappa shape index (κ2) is 6.65. The van der Waals surface area contributed by atoms with Gasteiger partial charge in [-0.05, 0) is 30.4 Å². The first kappa shape index (κ1) is 14.7. The van der Waals surface area contributed by atoms with Crippen molar-refractivity contribution in [2.24, 2.45) is 5.92 Å². The number of hydrogen-bond donors (Lipinski definition) is 2. The van der Waals surface area contributed by atoms with Gasteiger partial charge in [0.2, 0.25) is 0 Å². The Hall–Kier alpha value is -1.69. The first-order valence-electron chi connectivity index (χ1n) is 6.61. The molecule has 0 aliphatic carbocycles. The van der Waals surface area contributed by atoms with Gasteiger partial charge in [-0.15, -0.1) is 11.8 Å². The molecule has 1 aliphatic rings. The molecular formula is C14H18N2O3S. The summed E-state index contributed by atoms with van der Waals surface area (Å²) >= 11 is 1.71. The van der Waals surface area contributed by atoms with Crippen molar-refractivity contribution >= 4 is 29.4 Å². The number of thioether (sulfide) groups is 1. The zero-order valence-corrected chi connectivity index (χ0v) is 12.2. The average molecular weight is 294 g/mol. The molecule has 1 aromatic rings. The number of anilines is 1. The van der Waals surface area contributed by atoms with Gasteiger partial charge in [-0.2, -0.15) is 0 Å². The van der Waals surface area contributed by atoms with E-state index in [9.17, 15) is 9.59 Å². The Morgan fingerprint density at radius 1 is 1.50 bits per heavy atom. The quantitative estimate of drug-likeness (QED) is 0.838. The molecular weight excluding hydrogens is 276 g/mol. The Morgan fingerprint density at radius 3 is 2.95 bits per heavy atom. The molecule has 0 radical (unpaired) electrons. The van der Waals surface area contributed by atoms with E-state index in [1.807, 2.05) is 24.3 Å². The molecule has 1 fully saturated rings. The SMILES string of the molecule is CCSc1cccc(NC(=O)N2CCC(C(=O)O)C2)c1. The molecule has 1 unspecified atom stereocenters. The topological polar surface area (TPSA) is 69.6 Å². The predicted molar refractivity (Wildman–Crippen MR) is 79.2 cm³/mol. The number of aliphatic carboxylic acids is 1. The van der Waals surface area contributed by atoms with E-state index in [1.54, 1.807) is 16.7 Å². The molecule has 1 atom stereocenters. The molecule has 1 saturated heterocycles. The number of carboxylic acid groups (broad SMARTS) is 1. The third-order valence-electron chi connectivity index (χ3n) is 3.22. The highest BCUT2D eigenvalue weighted by molar-refractivity contribution is 7.99. The van der Waals surface area contributed by atoms with Crippen LogP contribution in [0.1, 0.15) is 13.3 Å². The summed E-state index contributed by atoms with van der Waals surface area (Å²) in [7, 11) is 0. The lowest BCUT2D eigenvalue weighted by atomic mass is 10.1. The zero-order chi connectivity index (χ0) is 14.5. The van der Waals surface area contributed by atoms with Crippen LogP contribution in [0, 0.1) is 5.92 Å². The second-order valence-electron chi connectivity index (χ2n) is 4.66. The summed E-state index contributed by atoms with van der Waals surface area (Å²) in [6.45, 7) is 2.85. The number of hydrogen-bond acceptors (Lipinski definition) is 3. The van der Waals surface area contributed by atoms with E-state index in [0.29, 0.717) is 13.0 Å². The van der Waals surface area contributed by atoms with Crippen LogP contribution in [-0.4, -0.2) is 40.8 Å². The van der Waals surface area contributed by atoms with Gasteiger partial charge < -0.3 is 15.3 Å². The Labute approximate surface area is 122 Å². The molecule has 0 spiro atoms. The van der Waals surface area contributed by atoms with E-state index in [2.05, 4.69) is 12.2 Å². The lowest BCUT2D eigenvalue weighted by Gasteiger charge is -2.17. The Bertz CT molecular complexity index is 507. The summed E-state index contributed by atoms with van der Waals surface area (Å²) in [4.78, 5) is 25.6. The molecule has 2 rings (SSSR count). The number of nitrogens with one attached hydrogen (secondary N) is 1. The molecule has 20 heavy (non-hydrogen) atoms. The molecule has 108 valence electrons. The van der Waals surface area contributed by atoms with Crippen LogP contribution < -0.4 is 5.32 Å². The van der Waals surface area contributed by atoms with Gasteiger partial charge in [0.15, 0.2) is 0 Å². The van der Waals surface area contributed by atoms with E-state index in [1.165, 1.54) is 0 Å². The number of carbonyl (C=O) groups is 2. The van der Waals surface area contributed by atoms with Crippen molar-refractivity contribution in [3.63, 3.8) is 0 Å². The Morgan fingerprint density at radius 2 is 2.30 bits per heavy atom. The highest BCUT2D eigenvalue weighted by Gasteiger charge is 2.30. The van der Waals surface area contributed by atoms with Gasteiger partial charge in [-0.1, -0.05) is 13.0 Å². The zero-order valence-electron chi connectivity index (χ0n) is 11.3. The van der Waals surface area contributed by atoms with Crippen LogP contribution in [0.4, 0.5) is 10.5 Å². The van der Waals surface area contributed by atoms with Crippen molar-refractivity contribution in [2.75, 3.05) is 24.2 Å². The Kier molecular flexibility index (Phi) is 4.89. The van der Waals surface area contributed by atoms with Gasteiger partial charge in [-0.3, -0.25) is 4.79 Å². The van der Waals surface area contributed by atoms with Gasteiger partial charge in [0.1, 0.15) is 0 Å². The van der Waals surface area contributed by atoms with E-state index < -0.39 is 11.9 Å². The van der Waals surface area contributed by atoms with Crippen LogP contribution in [0.5, 0.6) is 0 Å². The van der Waals surface area contributed by atoms with Crippen LogP contribution in [-0.2, 0) is 4.79 Å². The molecule has 1 aromatic carbocycles.